The number of aliphatic carboxylic acids is 1. The predicted molar refractivity (Wildman–Crippen MR) is 128 cm³/mol. The quantitative estimate of drug-likeness (QED) is 0.445. The van der Waals surface area contributed by atoms with Crippen LogP contribution in [0, 0.1) is 11.6 Å². The Morgan fingerprint density at radius 2 is 1.80 bits per heavy atom. The van der Waals surface area contributed by atoms with Crippen molar-refractivity contribution < 1.29 is 18.7 Å². The standard InChI is InChI=1S/C27H23F2N3O3/c28-20-3-1-2-19(14-20)25(27(34)35)32-15-31-22-9-8-21(24(29)23(22)26(32)33)18-6-4-16(5-7-18)17-10-12-30-13-11-17/h1-9,14-15,17,25,30H,10-13H2,(H,34,35). The molecular weight excluding hydrogens is 452 g/mol. The number of hydrogen-bond donors (Lipinski definition) is 2. The van der Waals surface area contributed by atoms with Gasteiger partial charge in [-0.2, -0.15) is 0 Å². The zero-order valence-electron chi connectivity index (χ0n) is 18.7. The van der Waals surface area contributed by atoms with Gasteiger partial charge in [-0.15, -0.1) is 0 Å². The molecule has 178 valence electrons. The van der Waals surface area contributed by atoms with Crippen molar-refractivity contribution >= 4 is 16.9 Å². The van der Waals surface area contributed by atoms with Crippen molar-refractivity contribution in [1.29, 1.82) is 0 Å². The van der Waals surface area contributed by atoms with Crippen molar-refractivity contribution in [2.24, 2.45) is 0 Å². The molecule has 4 aromatic rings. The van der Waals surface area contributed by atoms with Crippen LogP contribution >= 0.6 is 0 Å². The van der Waals surface area contributed by atoms with Crippen LogP contribution in [0.15, 0.2) is 71.8 Å². The number of hydrogen-bond acceptors (Lipinski definition) is 4. The second-order valence-electron chi connectivity index (χ2n) is 8.72. The second kappa shape index (κ2) is 9.38. The Labute approximate surface area is 199 Å². The highest BCUT2D eigenvalue weighted by molar-refractivity contribution is 5.85. The number of carbonyl (C=O) groups is 1. The first-order valence-corrected chi connectivity index (χ1v) is 11.4. The normalized spacial score (nSPS) is 15.3. The van der Waals surface area contributed by atoms with Crippen LogP contribution in [0.25, 0.3) is 22.0 Å². The summed E-state index contributed by atoms with van der Waals surface area (Å²) in [6.07, 6.45) is 3.15. The molecule has 5 rings (SSSR count). The SMILES string of the molecule is O=C(O)C(c1cccc(F)c1)n1cnc2ccc(-c3ccc(C4CCNCC4)cc3)c(F)c2c1=O. The van der Waals surface area contributed by atoms with Gasteiger partial charge < -0.3 is 10.4 Å². The molecule has 0 radical (unpaired) electrons. The van der Waals surface area contributed by atoms with E-state index >= 15 is 4.39 Å². The summed E-state index contributed by atoms with van der Waals surface area (Å²) in [5.41, 5.74) is 1.34. The third-order valence-corrected chi connectivity index (χ3v) is 6.60. The number of halogens is 2. The van der Waals surface area contributed by atoms with E-state index in [1.807, 2.05) is 24.3 Å². The molecule has 0 aliphatic carbocycles. The molecule has 2 N–H and O–H groups in total. The maximum Gasteiger partial charge on any atom is 0.331 e. The van der Waals surface area contributed by atoms with Gasteiger partial charge in [0.2, 0.25) is 0 Å². The largest absolute Gasteiger partial charge is 0.479 e. The number of benzene rings is 3. The molecule has 2 heterocycles. The molecule has 0 spiro atoms. The molecule has 0 amide bonds. The topological polar surface area (TPSA) is 84.2 Å². The van der Waals surface area contributed by atoms with Gasteiger partial charge in [0.15, 0.2) is 6.04 Å². The summed E-state index contributed by atoms with van der Waals surface area (Å²) in [5.74, 6) is -2.34. The van der Waals surface area contributed by atoms with Gasteiger partial charge >= 0.3 is 5.97 Å². The molecule has 1 saturated heterocycles. The van der Waals surface area contributed by atoms with Crippen LogP contribution < -0.4 is 10.9 Å². The maximum absolute atomic E-state index is 15.7. The molecular formula is C27H23F2N3O3. The highest BCUT2D eigenvalue weighted by Gasteiger charge is 2.26. The fourth-order valence-corrected chi connectivity index (χ4v) is 4.78. The van der Waals surface area contributed by atoms with E-state index in [2.05, 4.69) is 10.3 Å². The summed E-state index contributed by atoms with van der Waals surface area (Å²) in [5, 5.41) is 12.8. The minimum Gasteiger partial charge on any atom is -0.479 e. The lowest BCUT2D eigenvalue weighted by atomic mass is 9.89. The van der Waals surface area contributed by atoms with Gasteiger partial charge in [-0.1, -0.05) is 36.4 Å². The number of carboxylic acids is 1. The summed E-state index contributed by atoms with van der Waals surface area (Å²) >= 11 is 0. The molecule has 35 heavy (non-hydrogen) atoms. The van der Waals surface area contributed by atoms with Gasteiger partial charge in [-0.05, 0) is 72.8 Å². The summed E-state index contributed by atoms with van der Waals surface area (Å²) in [6, 6.07) is 14.2. The van der Waals surface area contributed by atoms with Crippen molar-refractivity contribution in [2.45, 2.75) is 24.8 Å². The third kappa shape index (κ3) is 4.33. The van der Waals surface area contributed by atoms with Crippen molar-refractivity contribution in [3.63, 3.8) is 0 Å². The van der Waals surface area contributed by atoms with E-state index in [0.29, 0.717) is 11.5 Å². The van der Waals surface area contributed by atoms with Crippen molar-refractivity contribution in [2.75, 3.05) is 13.1 Å². The number of nitrogens with zero attached hydrogens (tertiary/aromatic N) is 2. The van der Waals surface area contributed by atoms with Crippen LogP contribution in [0.5, 0.6) is 0 Å². The van der Waals surface area contributed by atoms with Crippen molar-refractivity contribution in [3.05, 3.63) is 100 Å². The first kappa shape index (κ1) is 22.9. The molecule has 6 nitrogen and oxygen atoms in total. The minimum absolute atomic E-state index is 0.0471. The lowest BCUT2D eigenvalue weighted by Crippen LogP contribution is -2.31. The Morgan fingerprint density at radius 1 is 1.06 bits per heavy atom. The summed E-state index contributed by atoms with van der Waals surface area (Å²) < 4.78 is 30.3. The van der Waals surface area contributed by atoms with E-state index < -0.39 is 29.2 Å². The smallest absolute Gasteiger partial charge is 0.331 e. The minimum atomic E-state index is -1.55. The van der Waals surface area contributed by atoms with Crippen molar-refractivity contribution in [3.8, 4) is 11.1 Å². The molecule has 1 fully saturated rings. The van der Waals surface area contributed by atoms with Gasteiger partial charge in [0, 0.05) is 5.56 Å². The van der Waals surface area contributed by atoms with Gasteiger partial charge in [0.05, 0.1) is 11.8 Å². The van der Waals surface area contributed by atoms with Crippen LogP contribution in [0.1, 0.15) is 35.9 Å². The zero-order chi connectivity index (χ0) is 24.5. The van der Waals surface area contributed by atoms with E-state index in [4.69, 9.17) is 0 Å². The molecule has 1 aliphatic rings. The van der Waals surface area contributed by atoms with Crippen LogP contribution in [0.4, 0.5) is 8.78 Å². The first-order valence-electron chi connectivity index (χ1n) is 11.4. The van der Waals surface area contributed by atoms with Gasteiger partial charge in [-0.3, -0.25) is 9.36 Å². The Morgan fingerprint density at radius 3 is 2.49 bits per heavy atom. The molecule has 3 aromatic carbocycles. The summed E-state index contributed by atoms with van der Waals surface area (Å²) in [7, 11) is 0. The molecule has 1 aliphatic heterocycles. The molecule has 1 atom stereocenters. The number of aromatic nitrogens is 2. The average Bonchev–Trinajstić information content (AvgIpc) is 2.86. The fourth-order valence-electron chi connectivity index (χ4n) is 4.78. The number of piperidine rings is 1. The highest BCUT2D eigenvalue weighted by atomic mass is 19.1. The van der Waals surface area contributed by atoms with E-state index in [-0.39, 0.29) is 22.0 Å². The lowest BCUT2D eigenvalue weighted by molar-refractivity contribution is -0.139. The van der Waals surface area contributed by atoms with Crippen LogP contribution in [0.3, 0.4) is 0 Å². The number of carboxylic acid groups (broad SMARTS) is 1. The Kier molecular flexibility index (Phi) is 6.13. The predicted octanol–water partition coefficient (Wildman–Crippen LogP) is 4.48. The number of fused-ring (bicyclic) bond motifs is 1. The van der Waals surface area contributed by atoms with E-state index in [1.165, 1.54) is 29.8 Å². The third-order valence-electron chi connectivity index (χ3n) is 6.60. The van der Waals surface area contributed by atoms with Gasteiger partial charge in [-0.25, -0.2) is 18.6 Å². The molecule has 1 unspecified atom stereocenters. The first-order chi connectivity index (χ1) is 16.9. The molecule has 8 heteroatoms. The van der Waals surface area contributed by atoms with E-state index in [1.54, 1.807) is 6.07 Å². The highest BCUT2D eigenvalue weighted by Crippen LogP contribution is 2.31. The average molecular weight is 475 g/mol. The van der Waals surface area contributed by atoms with Crippen molar-refractivity contribution in [1.82, 2.24) is 14.9 Å². The number of nitrogens with one attached hydrogen (secondary N) is 1. The maximum atomic E-state index is 15.7. The Balaban J connectivity index is 1.58. The van der Waals surface area contributed by atoms with Crippen LogP contribution in [-0.4, -0.2) is 33.7 Å². The van der Waals surface area contributed by atoms with Crippen LogP contribution in [0.2, 0.25) is 0 Å². The van der Waals surface area contributed by atoms with E-state index in [0.717, 1.165) is 42.9 Å². The zero-order valence-corrected chi connectivity index (χ0v) is 18.7. The lowest BCUT2D eigenvalue weighted by Gasteiger charge is -2.23. The summed E-state index contributed by atoms with van der Waals surface area (Å²) in [6.45, 7) is 1.94. The summed E-state index contributed by atoms with van der Waals surface area (Å²) in [4.78, 5) is 29.5. The van der Waals surface area contributed by atoms with Gasteiger partial charge in [0.25, 0.3) is 5.56 Å². The Bertz CT molecular complexity index is 1460. The van der Waals surface area contributed by atoms with E-state index in [9.17, 15) is 19.1 Å². The molecule has 1 aromatic heterocycles. The number of rotatable bonds is 5. The molecule has 0 saturated carbocycles. The monoisotopic (exact) mass is 475 g/mol. The second-order valence-corrected chi connectivity index (χ2v) is 8.72. The molecule has 0 bridgehead atoms. The van der Waals surface area contributed by atoms with Crippen LogP contribution in [-0.2, 0) is 4.79 Å². The Hall–Kier alpha value is -3.91. The fraction of sp³-hybridized carbons (Fsp3) is 0.222. The van der Waals surface area contributed by atoms with Gasteiger partial charge in [0.1, 0.15) is 17.0 Å².